The van der Waals surface area contributed by atoms with E-state index >= 15 is 0 Å². The van der Waals surface area contributed by atoms with Crippen LogP contribution in [0.5, 0.6) is 5.75 Å². The van der Waals surface area contributed by atoms with Gasteiger partial charge < -0.3 is 10.1 Å². The number of aromatic nitrogens is 3. The highest BCUT2D eigenvalue weighted by Crippen LogP contribution is 2.31. The highest BCUT2D eigenvalue weighted by atomic mass is 32.1. The van der Waals surface area contributed by atoms with Crippen molar-refractivity contribution in [1.29, 1.82) is 0 Å². The van der Waals surface area contributed by atoms with Gasteiger partial charge in [0.15, 0.2) is 0 Å². The summed E-state index contributed by atoms with van der Waals surface area (Å²) in [6.45, 7) is 2.08. The molecule has 0 spiro atoms. The first kappa shape index (κ1) is 20.0. The predicted octanol–water partition coefficient (Wildman–Crippen LogP) is 5.92. The number of aromatic amines is 1. The average molecular weight is 441 g/mol. The van der Waals surface area contributed by atoms with E-state index in [0.717, 1.165) is 27.4 Å². The number of carbonyl (C=O) groups is 1. The van der Waals surface area contributed by atoms with Gasteiger partial charge in [-0.05, 0) is 67.1 Å². The molecule has 3 aromatic carbocycles. The van der Waals surface area contributed by atoms with E-state index in [9.17, 15) is 4.79 Å². The standard InChI is InChI=1S/C25H20N4O2S/c1-15-6-11-20-23(12-15)32-25(27-20)16-7-9-18(10-8-16)26-24(30)22-14-21(28-29-22)17-4-3-5-19(13-17)31-2/h3-14H,1-2H3,(H,26,30)(H,28,29). The second-order valence-corrected chi connectivity index (χ2v) is 8.45. The Bertz CT molecular complexity index is 1420. The van der Waals surface area contributed by atoms with Crippen molar-refractivity contribution in [2.75, 3.05) is 12.4 Å². The number of H-pyrrole nitrogens is 1. The number of fused-ring (bicyclic) bond motifs is 1. The zero-order valence-electron chi connectivity index (χ0n) is 17.5. The molecule has 0 atom stereocenters. The van der Waals surface area contributed by atoms with Gasteiger partial charge in [0.25, 0.3) is 5.91 Å². The summed E-state index contributed by atoms with van der Waals surface area (Å²) in [5, 5.41) is 10.9. The summed E-state index contributed by atoms with van der Waals surface area (Å²) in [5.41, 5.74) is 5.87. The van der Waals surface area contributed by atoms with Crippen molar-refractivity contribution in [2.24, 2.45) is 0 Å². The van der Waals surface area contributed by atoms with Gasteiger partial charge >= 0.3 is 0 Å². The second kappa shape index (κ2) is 8.28. The summed E-state index contributed by atoms with van der Waals surface area (Å²) in [6.07, 6.45) is 0. The molecule has 2 heterocycles. The third-order valence-electron chi connectivity index (χ3n) is 5.12. The van der Waals surface area contributed by atoms with Crippen LogP contribution in [0.15, 0.2) is 72.8 Å². The van der Waals surface area contributed by atoms with E-state index in [1.165, 1.54) is 10.3 Å². The third kappa shape index (κ3) is 3.98. The molecule has 1 amide bonds. The van der Waals surface area contributed by atoms with Crippen LogP contribution in [0, 0.1) is 6.92 Å². The number of carbonyl (C=O) groups excluding carboxylic acids is 1. The minimum absolute atomic E-state index is 0.255. The molecule has 5 aromatic rings. The average Bonchev–Trinajstić information content (AvgIpc) is 3.47. The fourth-order valence-corrected chi connectivity index (χ4v) is 4.49. The summed E-state index contributed by atoms with van der Waals surface area (Å²) < 4.78 is 6.42. The maximum Gasteiger partial charge on any atom is 0.273 e. The monoisotopic (exact) mass is 440 g/mol. The molecular weight excluding hydrogens is 420 g/mol. The van der Waals surface area contributed by atoms with Gasteiger partial charge in [0, 0.05) is 16.8 Å². The number of anilines is 1. The van der Waals surface area contributed by atoms with Crippen molar-refractivity contribution in [3.63, 3.8) is 0 Å². The molecule has 0 aliphatic carbocycles. The molecule has 0 saturated carbocycles. The molecule has 6 nitrogen and oxygen atoms in total. The van der Waals surface area contributed by atoms with E-state index in [4.69, 9.17) is 9.72 Å². The van der Waals surface area contributed by atoms with E-state index in [1.54, 1.807) is 24.5 Å². The summed E-state index contributed by atoms with van der Waals surface area (Å²) in [6, 6.07) is 23.2. The lowest BCUT2D eigenvalue weighted by Crippen LogP contribution is -2.12. The highest BCUT2D eigenvalue weighted by Gasteiger charge is 2.13. The Balaban J connectivity index is 1.31. The van der Waals surface area contributed by atoms with Gasteiger partial charge in [-0.25, -0.2) is 4.98 Å². The van der Waals surface area contributed by atoms with E-state index in [0.29, 0.717) is 17.1 Å². The quantitative estimate of drug-likeness (QED) is 0.355. The van der Waals surface area contributed by atoms with E-state index in [1.807, 2.05) is 54.6 Å². The van der Waals surface area contributed by atoms with Crippen molar-refractivity contribution in [3.05, 3.63) is 84.1 Å². The highest BCUT2D eigenvalue weighted by molar-refractivity contribution is 7.21. The molecule has 0 saturated heterocycles. The normalized spacial score (nSPS) is 10.9. The Morgan fingerprint density at radius 1 is 1.00 bits per heavy atom. The van der Waals surface area contributed by atoms with E-state index in [-0.39, 0.29) is 5.91 Å². The molecule has 158 valence electrons. The Labute approximate surface area is 188 Å². The van der Waals surface area contributed by atoms with Gasteiger partial charge in [-0.15, -0.1) is 11.3 Å². The lowest BCUT2D eigenvalue weighted by Gasteiger charge is -2.04. The molecule has 2 aromatic heterocycles. The van der Waals surface area contributed by atoms with Crippen LogP contribution in [-0.2, 0) is 0 Å². The van der Waals surface area contributed by atoms with Crippen LogP contribution in [0.2, 0.25) is 0 Å². The Morgan fingerprint density at radius 2 is 1.84 bits per heavy atom. The Morgan fingerprint density at radius 3 is 2.66 bits per heavy atom. The third-order valence-corrected chi connectivity index (χ3v) is 6.19. The zero-order chi connectivity index (χ0) is 22.1. The molecule has 5 rings (SSSR count). The van der Waals surface area contributed by atoms with Crippen LogP contribution in [0.3, 0.4) is 0 Å². The van der Waals surface area contributed by atoms with Gasteiger partial charge in [0.2, 0.25) is 0 Å². The number of hydrogen-bond acceptors (Lipinski definition) is 5. The molecule has 2 N–H and O–H groups in total. The van der Waals surface area contributed by atoms with Crippen molar-refractivity contribution in [3.8, 4) is 27.6 Å². The summed E-state index contributed by atoms with van der Waals surface area (Å²) in [5.74, 6) is 0.481. The minimum atomic E-state index is -0.255. The topological polar surface area (TPSA) is 79.9 Å². The molecular formula is C25H20N4O2S. The summed E-state index contributed by atoms with van der Waals surface area (Å²) in [4.78, 5) is 17.4. The molecule has 0 aliphatic rings. The van der Waals surface area contributed by atoms with Crippen molar-refractivity contribution >= 4 is 33.1 Å². The Kier molecular flexibility index (Phi) is 5.17. The van der Waals surface area contributed by atoms with Crippen LogP contribution in [0.4, 0.5) is 5.69 Å². The fraction of sp³-hybridized carbons (Fsp3) is 0.0800. The predicted molar refractivity (Wildman–Crippen MR) is 128 cm³/mol. The van der Waals surface area contributed by atoms with Gasteiger partial charge in [-0.3, -0.25) is 9.89 Å². The largest absolute Gasteiger partial charge is 0.497 e. The first-order valence-corrected chi connectivity index (χ1v) is 10.9. The van der Waals surface area contributed by atoms with Crippen LogP contribution in [-0.4, -0.2) is 28.2 Å². The number of hydrogen-bond donors (Lipinski definition) is 2. The molecule has 0 aliphatic heterocycles. The van der Waals surface area contributed by atoms with Crippen LogP contribution >= 0.6 is 11.3 Å². The first-order valence-electron chi connectivity index (χ1n) is 10.1. The smallest absolute Gasteiger partial charge is 0.273 e. The minimum Gasteiger partial charge on any atom is -0.497 e. The lowest BCUT2D eigenvalue weighted by molar-refractivity contribution is 0.102. The number of ether oxygens (including phenoxy) is 1. The fourth-order valence-electron chi connectivity index (χ4n) is 3.42. The van der Waals surface area contributed by atoms with Crippen molar-refractivity contribution < 1.29 is 9.53 Å². The van der Waals surface area contributed by atoms with Crippen molar-refractivity contribution in [2.45, 2.75) is 6.92 Å². The molecule has 32 heavy (non-hydrogen) atoms. The van der Waals surface area contributed by atoms with E-state index < -0.39 is 0 Å². The second-order valence-electron chi connectivity index (χ2n) is 7.42. The van der Waals surface area contributed by atoms with Gasteiger partial charge in [-0.1, -0.05) is 18.2 Å². The molecule has 7 heteroatoms. The number of amides is 1. The number of methoxy groups -OCH3 is 1. The number of rotatable bonds is 5. The van der Waals surface area contributed by atoms with Gasteiger partial charge in [0.05, 0.1) is 23.0 Å². The summed E-state index contributed by atoms with van der Waals surface area (Å²) >= 11 is 1.66. The number of thiazole rings is 1. The number of nitrogens with zero attached hydrogens (tertiary/aromatic N) is 2. The summed E-state index contributed by atoms with van der Waals surface area (Å²) in [7, 11) is 1.62. The van der Waals surface area contributed by atoms with Crippen LogP contribution < -0.4 is 10.1 Å². The maximum atomic E-state index is 12.7. The number of aryl methyl sites for hydroxylation is 1. The molecule has 0 fully saturated rings. The SMILES string of the molecule is COc1cccc(-c2cc(C(=O)Nc3ccc(-c4nc5ccc(C)cc5s4)cc3)[nH]n2)c1. The first-order chi connectivity index (χ1) is 15.6. The maximum absolute atomic E-state index is 12.7. The van der Waals surface area contributed by atoms with Crippen molar-refractivity contribution in [1.82, 2.24) is 15.2 Å². The number of nitrogens with one attached hydrogen (secondary N) is 2. The molecule has 0 unspecified atom stereocenters. The van der Waals surface area contributed by atoms with Crippen LogP contribution in [0.25, 0.3) is 32.0 Å². The van der Waals surface area contributed by atoms with Gasteiger partial charge in [0.1, 0.15) is 16.5 Å². The van der Waals surface area contributed by atoms with Crippen LogP contribution in [0.1, 0.15) is 16.1 Å². The molecule has 0 radical (unpaired) electrons. The number of benzene rings is 3. The molecule has 0 bridgehead atoms. The lowest BCUT2D eigenvalue weighted by atomic mass is 10.1. The van der Waals surface area contributed by atoms with E-state index in [2.05, 4.69) is 34.6 Å². The zero-order valence-corrected chi connectivity index (χ0v) is 18.4. The van der Waals surface area contributed by atoms with Gasteiger partial charge in [-0.2, -0.15) is 5.10 Å². The Hall–Kier alpha value is -3.97.